The van der Waals surface area contributed by atoms with Gasteiger partial charge in [0, 0.05) is 19.0 Å². The Balaban J connectivity index is 0.00000392. The van der Waals surface area contributed by atoms with E-state index in [9.17, 15) is 4.39 Å². The van der Waals surface area contributed by atoms with Gasteiger partial charge in [0.05, 0.1) is 6.54 Å². The van der Waals surface area contributed by atoms with Crippen LogP contribution in [0.25, 0.3) is 0 Å². The van der Waals surface area contributed by atoms with Crippen molar-refractivity contribution in [2.75, 3.05) is 26.7 Å². The predicted octanol–water partition coefficient (Wildman–Crippen LogP) is 3.60. The molecule has 0 bridgehead atoms. The van der Waals surface area contributed by atoms with Crippen molar-refractivity contribution in [3.8, 4) is 5.75 Å². The molecule has 0 unspecified atom stereocenters. The maximum atomic E-state index is 13.6. The lowest BCUT2D eigenvalue weighted by Gasteiger charge is -2.22. The number of hydrogen-bond acceptors (Lipinski definition) is 5. The molecule has 7 nitrogen and oxygen atoms in total. The minimum Gasteiger partial charge on any atom is -0.489 e. The number of hydrogen-bond donors (Lipinski definition) is 1. The van der Waals surface area contributed by atoms with Crippen molar-refractivity contribution < 1.29 is 13.7 Å². The lowest BCUT2D eigenvalue weighted by Crippen LogP contribution is -2.40. The highest BCUT2D eigenvalue weighted by atomic mass is 127. The zero-order valence-corrected chi connectivity index (χ0v) is 19.4. The molecule has 0 spiro atoms. The van der Waals surface area contributed by atoms with Gasteiger partial charge in [-0.15, -0.1) is 24.0 Å². The van der Waals surface area contributed by atoms with Gasteiger partial charge in [-0.2, -0.15) is 4.98 Å². The first-order valence-corrected chi connectivity index (χ1v) is 9.01. The van der Waals surface area contributed by atoms with E-state index >= 15 is 0 Å². The summed E-state index contributed by atoms with van der Waals surface area (Å²) in [6, 6.07) is 6.36. The number of nitrogens with one attached hydrogen (secondary N) is 1. The van der Waals surface area contributed by atoms with Crippen LogP contribution in [0.2, 0.25) is 0 Å². The number of guanidine groups is 1. The highest BCUT2D eigenvalue weighted by Gasteiger charge is 2.21. The molecule has 156 valence electrons. The fraction of sp³-hybridized carbons (Fsp3) is 0.526. The molecule has 0 atom stereocenters. The molecule has 0 aliphatic carbocycles. The zero-order valence-electron chi connectivity index (χ0n) is 17.0. The number of aliphatic imine (C=N–C) groups is 1. The fourth-order valence-corrected chi connectivity index (χ4v) is 2.20. The number of likely N-dealkylation sites (N-methyl/N-ethyl adjacent to an activating group) is 1. The van der Waals surface area contributed by atoms with E-state index in [0.29, 0.717) is 37.4 Å². The Morgan fingerprint density at radius 1 is 1.32 bits per heavy atom. The van der Waals surface area contributed by atoms with E-state index in [1.807, 2.05) is 39.6 Å². The number of halogens is 2. The first-order valence-electron chi connectivity index (χ1n) is 9.01. The van der Waals surface area contributed by atoms with Crippen molar-refractivity contribution in [2.45, 2.75) is 39.7 Å². The van der Waals surface area contributed by atoms with Crippen LogP contribution in [-0.4, -0.2) is 47.7 Å². The van der Waals surface area contributed by atoms with E-state index in [1.54, 1.807) is 18.2 Å². The van der Waals surface area contributed by atoms with Gasteiger partial charge in [0.15, 0.2) is 23.4 Å². The van der Waals surface area contributed by atoms with Gasteiger partial charge in [-0.1, -0.05) is 38.1 Å². The maximum Gasteiger partial charge on any atom is 0.232 e. The summed E-state index contributed by atoms with van der Waals surface area (Å²) in [5.41, 5.74) is -0.194. The summed E-state index contributed by atoms with van der Waals surface area (Å²) in [5.74, 6) is 1.69. The van der Waals surface area contributed by atoms with E-state index in [4.69, 9.17) is 9.26 Å². The lowest BCUT2D eigenvalue weighted by atomic mass is 9.97. The number of benzene rings is 1. The lowest BCUT2D eigenvalue weighted by molar-refractivity contribution is 0.270. The molecular weight excluding hydrogens is 476 g/mol. The van der Waals surface area contributed by atoms with Crippen LogP contribution in [0.1, 0.15) is 39.4 Å². The van der Waals surface area contributed by atoms with Gasteiger partial charge in [0.1, 0.15) is 13.2 Å². The molecule has 2 aromatic rings. The summed E-state index contributed by atoms with van der Waals surface area (Å²) in [4.78, 5) is 10.8. The van der Waals surface area contributed by atoms with Crippen LogP contribution in [0.5, 0.6) is 5.75 Å². The smallest absolute Gasteiger partial charge is 0.232 e. The molecule has 0 radical (unpaired) electrons. The van der Waals surface area contributed by atoms with E-state index in [2.05, 4.69) is 20.4 Å². The third-order valence-electron chi connectivity index (χ3n) is 3.70. The number of nitrogens with zero attached hydrogens (tertiary/aromatic N) is 4. The van der Waals surface area contributed by atoms with Crippen LogP contribution in [0.3, 0.4) is 0 Å². The van der Waals surface area contributed by atoms with Crippen LogP contribution in [0.4, 0.5) is 4.39 Å². The Morgan fingerprint density at radius 2 is 2.04 bits per heavy atom. The molecule has 0 saturated carbocycles. The molecule has 1 heterocycles. The van der Waals surface area contributed by atoms with Crippen molar-refractivity contribution in [2.24, 2.45) is 4.99 Å². The monoisotopic (exact) mass is 505 g/mol. The van der Waals surface area contributed by atoms with Crippen LogP contribution in [-0.2, 0) is 12.0 Å². The predicted molar refractivity (Wildman–Crippen MR) is 118 cm³/mol. The third kappa shape index (κ3) is 7.25. The second kappa shape index (κ2) is 11.2. The summed E-state index contributed by atoms with van der Waals surface area (Å²) in [6.45, 7) is 9.93. The molecule has 1 aromatic carbocycles. The van der Waals surface area contributed by atoms with Gasteiger partial charge < -0.3 is 19.5 Å². The second-order valence-corrected chi connectivity index (χ2v) is 7.14. The second-order valence-electron chi connectivity index (χ2n) is 7.14. The van der Waals surface area contributed by atoms with E-state index in [1.165, 1.54) is 6.07 Å². The van der Waals surface area contributed by atoms with Crippen molar-refractivity contribution in [3.05, 3.63) is 41.8 Å². The highest BCUT2D eigenvalue weighted by molar-refractivity contribution is 14.0. The van der Waals surface area contributed by atoms with Crippen LogP contribution in [0.15, 0.2) is 33.8 Å². The third-order valence-corrected chi connectivity index (χ3v) is 3.70. The molecular formula is C19H29FIN5O2. The molecule has 0 amide bonds. The summed E-state index contributed by atoms with van der Waals surface area (Å²) >= 11 is 0. The first-order chi connectivity index (χ1) is 12.8. The van der Waals surface area contributed by atoms with Crippen molar-refractivity contribution in [1.29, 1.82) is 0 Å². The molecule has 2 rings (SSSR count). The van der Waals surface area contributed by atoms with E-state index < -0.39 is 0 Å². The molecule has 1 aromatic heterocycles. The number of ether oxygens (including phenoxy) is 1. The average Bonchev–Trinajstić information content (AvgIpc) is 3.09. The number of aromatic nitrogens is 2. The Labute approximate surface area is 182 Å². The van der Waals surface area contributed by atoms with Crippen LogP contribution >= 0.6 is 24.0 Å². The Bertz CT molecular complexity index is 761. The zero-order chi connectivity index (χ0) is 19.9. The van der Waals surface area contributed by atoms with Crippen molar-refractivity contribution in [1.82, 2.24) is 20.4 Å². The van der Waals surface area contributed by atoms with Gasteiger partial charge in [0.2, 0.25) is 5.89 Å². The molecule has 28 heavy (non-hydrogen) atoms. The topological polar surface area (TPSA) is 75.8 Å². The Morgan fingerprint density at radius 3 is 2.64 bits per heavy atom. The highest BCUT2D eigenvalue weighted by Crippen LogP contribution is 2.19. The van der Waals surface area contributed by atoms with E-state index in [0.717, 1.165) is 6.54 Å². The first kappa shape index (κ1) is 24.1. The van der Waals surface area contributed by atoms with Gasteiger partial charge >= 0.3 is 0 Å². The average molecular weight is 505 g/mol. The molecule has 9 heteroatoms. The summed E-state index contributed by atoms with van der Waals surface area (Å²) in [7, 11) is 1.89. The van der Waals surface area contributed by atoms with Crippen molar-refractivity contribution in [3.63, 3.8) is 0 Å². The quantitative estimate of drug-likeness (QED) is 0.352. The summed E-state index contributed by atoms with van der Waals surface area (Å²) in [6.07, 6.45) is 0. The SMILES string of the molecule is CCNC(=NCc1noc(C(C)(C)C)n1)N(C)CCOc1ccccc1F.I. The van der Waals surface area contributed by atoms with Gasteiger partial charge in [-0.3, -0.25) is 0 Å². The van der Waals surface area contributed by atoms with E-state index in [-0.39, 0.29) is 41.0 Å². The van der Waals surface area contributed by atoms with Crippen LogP contribution in [0, 0.1) is 5.82 Å². The van der Waals surface area contributed by atoms with Gasteiger partial charge in [-0.05, 0) is 19.1 Å². The summed E-state index contributed by atoms with van der Waals surface area (Å²) in [5, 5.41) is 7.19. The van der Waals surface area contributed by atoms with Crippen LogP contribution < -0.4 is 10.1 Å². The van der Waals surface area contributed by atoms with Gasteiger partial charge in [0.25, 0.3) is 0 Å². The van der Waals surface area contributed by atoms with Gasteiger partial charge in [-0.25, -0.2) is 9.38 Å². The molecule has 0 saturated heterocycles. The maximum absolute atomic E-state index is 13.6. The Kier molecular flexibility index (Phi) is 9.63. The molecule has 0 aliphatic rings. The summed E-state index contributed by atoms with van der Waals surface area (Å²) < 4.78 is 24.4. The normalized spacial score (nSPS) is 11.7. The molecule has 1 N–H and O–H groups in total. The minimum atomic E-state index is -0.368. The largest absolute Gasteiger partial charge is 0.489 e. The Hall–Kier alpha value is -1.91. The number of para-hydroxylation sites is 1. The standard InChI is InChI=1S/C19H28FN5O2.HI/c1-6-21-18(22-13-16-23-17(27-24-16)19(2,3)4)25(5)11-12-26-15-10-8-7-9-14(15)20;/h7-10H,6,11-13H2,1-5H3,(H,21,22);1H. The minimum absolute atomic E-state index is 0. The number of rotatable bonds is 7. The van der Waals surface area contributed by atoms with Crippen molar-refractivity contribution >= 4 is 29.9 Å². The fourth-order valence-electron chi connectivity index (χ4n) is 2.20. The molecule has 0 fully saturated rings. The molecule has 0 aliphatic heterocycles.